The van der Waals surface area contributed by atoms with Crippen LogP contribution in [-0.4, -0.2) is 12.1 Å². The molecule has 2 nitrogen and oxygen atoms in total. The molecule has 0 atom stereocenters. The van der Waals surface area contributed by atoms with Crippen LogP contribution in [0.1, 0.15) is 59.3 Å². The number of rotatable bonds is 4. The van der Waals surface area contributed by atoms with Crippen molar-refractivity contribution in [1.29, 1.82) is 0 Å². The Balaban J connectivity index is 2.22. The van der Waals surface area contributed by atoms with Crippen LogP contribution in [0, 0.1) is 11.8 Å². The molecule has 2 heteroatoms. The zero-order valence-corrected chi connectivity index (χ0v) is 10.3. The molecule has 0 N–H and O–H groups in total. The number of carbonyl (C=O) groups excluding carboxylic acids is 1. The van der Waals surface area contributed by atoms with Gasteiger partial charge in [-0.1, -0.05) is 20.8 Å². The van der Waals surface area contributed by atoms with Gasteiger partial charge in [-0.2, -0.15) is 0 Å². The van der Waals surface area contributed by atoms with E-state index in [4.69, 9.17) is 4.74 Å². The van der Waals surface area contributed by atoms with Crippen LogP contribution in [0.15, 0.2) is 0 Å². The van der Waals surface area contributed by atoms with Gasteiger partial charge in [0.05, 0.1) is 0 Å². The zero-order chi connectivity index (χ0) is 11.3. The monoisotopic (exact) mass is 212 g/mol. The minimum Gasteiger partial charge on any atom is -0.462 e. The highest BCUT2D eigenvalue weighted by atomic mass is 16.5. The molecule has 1 rings (SSSR count). The van der Waals surface area contributed by atoms with Gasteiger partial charge in [0, 0.05) is 6.42 Å². The molecule has 0 aromatic heterocycles. The van der Waals surface area contributed by atoms with Crippen molar-refractivity contribution in [2.45, 2.75) is 65.4 Å². The highest BCUT2D eigenvalue weighted by Gasteiger charge is 2.25. The summed E-state index contributed by atoms with van der Waals surface area (Å²) in [6.45, 7) is 6.58. The lowest BCUT2D eigenvalue weighted by Gasteiger charge is -2.30. The summed E-state index contributed by atoms with van der Waals surface area (Å²) in [6, 6.07) is 0. The van der Waals surface area contributed by atoms with Crippen molar-refractivity contribution in [3.05, 3.63) is 0 Å². The Kier molecular flexibility index (Phi) is 5.13. The molecule has 0 aromatic rings. The Bertz CT molecular complexity index is 191. The standard InChI is InChI=1S/C13H24O2/c1-4-5-13(14)15-12-8-6-11(7-9-12)10(2)3/h10-12H,4-9H2,1-3H3. The third-order valence-electron chi connectivity index (χ3n) is 3.41. The Morgan fingerprint density at radius 1 is 1.27 bits per heavy atom. The van der Waals surface area contributed by atoms with Crippen LogP contribution in [0.3, 0.4) is 0 Å². The maximum absolute atomic E-state index is 11.3. The molecule has 0 heterocycles. The molecule has 0 bridgehead atoms. The molecule has 0 radical (unpaired) electrons. The summed E-state index contributed by atoms with van der Waals surface area (Å²) >= 11 is 0. The van der Waals surface area contributed by atoms with Gasteiger partial charge in [0.2, 0.25) is 0 Å². The molecule has 0 aliphatic heterocycles. The first-order valence-electron chi connectivity index (χ1n) is 6.33. The van der Waals surface area contributed by atoms with E-state index in [0.717, 1.165) is 31.1 Å². The van der Waals surface area contributed by atoms with Gasteiger partial charge in [0.25, 0.3) is 0 Å². The largest absolute Gasteiger partial charge is 0.462 e. The topological polar surface area (TPSA) is 26.3 Å². The van der Waals surface area contributed by atoms with Gasteiger partial charge in [0.15, 0.2) is 0 Å². The average Bonchev–Trinajstić information content (AvgIpc) is 2.18. The van der Waals surface area contributed by atoms with Gasteiger partial charge in [-0.25, -0.2) is 0 Å². The summed E-state index contributed by atoms with van der Waals surface area (Å²) in [6.07, 6.45) is 6.25. The van der Waals surface area contributed by atoms with E-state index in [1.165, 1.54) is 12.8 Å². The molecule has 0 saturated heterocycles. The highest BCUT2D eigenvalue weighted by Crippen LogP contribution is 2.31. The molecule has 1 fully saturated rings. The number of ether oxygens (including phenoxy) is 1. The van der Waals surface area contributed by atoms with E-state index in [0.29, 0.717) is 6.42 Å². The number of carbonyl (C=O) groups is 1. The van der Waals surface area contributed by atoms with Crippen LogP contribution in [-0.2, 0) is 9.53 Å². The predicted octanol–water partition coefficient (Wildman–Crippen LogP) is 3.54. The molecule has 88 valence electrons. The third-order valence-corrected chi connectivity index (χ3v) is 3.41. The minimum absolute atomic E-state index is 0.00880. The van der Waals surface area contributed by atoms with Gasteiger partial charge >= 0.3 is 5.97 Å². The van der Waals surface area contributed by atoms with E-state index < -0.39 is 0 Å². The average molecular weight is 212 g/mol. The van der Waals surface area contributed by atoms with E-state index in [2.05, 4.69) is 13.8 Å². The Hall–Kier alpha value is -0.530. The number of hydrogen-bond acceptors (Lipinski definition) is 2. The molecule has 15 heavy (non-hydrogen) atoms. The summed E-state index contributed by atoms with van der Waals surface area (Å²) < 4.78 is 5.42. The maximum atomic E-state index is 11.3. The van der Waals surface area contributed by atoms with Crippen LogP contribution in [0.4, 0.5) is 0 Å². The molecule has 0 spiro atoms. The molecular formula is C13H24O2. The van der Waals surface area contributed by atoms with Gasteiger partial charge in [-0.3, -0.25) is 4.79 Å². The van der Waals surface area contributed by atoms with Gasteiger partial charge in [-0.05, 0) is 43.9 Å². The Labute approximate surface area is 93.4 Å². The van der Waals surface area contributed by atoms with Crippen LogP contribution in [0.2, 0.25) is 0 Å². The number of hydrogen-bond donors (Lipinski definition) is 0. The van der Waals surface area contributed by atoms with Crippen LogP contribution < -0.4 is 0 Å². The van der Waals surface area contributed by atoms with Crippen molar-refractivity contribution in [2.24, 2.45) is 11.8 Å². The van der Waals surface area contributed by atoms with E-state index >= 15 is 0 Å². The molecule has 0 unspecified atom stereocenters. The second kappa shape index (κ2) is 6.14. The van der Waals surface area contributed by atoms with E-state index in [9.17, 15) is 4.79 Å². The first-order chi connectivity index (χ1) is 7.13. The Morgan fingerprint density at radius 2 is 1.87 bits per heavy atom. The zero-order valence-electron chi connectivity index (χ0n) is 10.3. The normalized spacial score (nSPS) is 26.7. The first kappa shape index (κ1) is 12.5. The second-order valence-electron chi connectivity index (χ2n) is 5.02. The van der Waals surface area contributed by atoms with Crippen molar-refractivity contribution < 1.29 is 9.53 Å². The molecule has 1 aliphatic rings. The summed E-state index contributed by atoms with van der Waals surface area (Å²) in [5.74, 6) is 1.61. The Morgan fingerprint density at radius 3 is 2.33 bits per heavy atom. The van der Waals surface area contributed by atoms with E-state index in [1.807, 2.05) is 6.92 Å². The minimum atomic E-state index is -0.00880. The van der Waals surface area contributed by atoms with Crippen molar-refractivity contribution in [3.8, 4) is 0 Å². The summed E-state index contributed by atoms with van der Waals surface area (Å²) in [5, 5.41) is 0. The summed E-state index contributed by atoms with van der Waals surface area (Å²) in [4.78, 5) is 11.3. The van der Waals surface area contributed by atoms with Gasteiger partial charge in [0.1, 0.15) is 6.10 Å². The quantitative estimate of drug-likeness (QED) is 0.666. The summed E-state index contributed by atoms with van der Waals surface area (Å²) in [5.41, 5.74) is 0. The van der Waals surface area contributed by atoms with E-state index in [1.54, 1.807) is 0 Å². The van der Waals surface area contributed by atoms with Gasteiger partial charge < -0.3 is 4.74 Å². The molecule has 1 aliphatic carbocycles. The molecule has 0 amide bonds. The van der Waals surface area contributed by atoms with Crippen LogP contribution in [0.25, 0.3) is 0 Å². The molecule has 0 aromatic carbocycles. The van der Waals surface area contributed by atoms with Crippen molar-refractivity contribution in [2.75, 3.05) is 0 Å². The fraction of sp³-hybridized carbons (Fsp3) is 0.923. The second-order valence-corrected chi connectivity index (χ2v) is 5.02. The van der Waals surface area contributed by atoms with Gasteiger partial charge in [-0.15, -0.1) is 0 Å². The van der Waals surface area contributed by atoms with Crippen molar-refractivity contribution >= 4 is 5.97 Å². The van der Waals surface area contributed by atoms with E-state index in [-0.39, 0.29) is 12.1 Å². The first-order valence-corrected chi connectivity index (χ1v) is 6.33. The lowest BCUT2D eigenvalue weighted by molar-refractivity contribution is -0.151. The third kappa shape index (κ3) is 4.23. The lowest BCUT2D eigenvalue weighted by atomic mass is 9.80. The smallest absolute Gasteiger partial charge is 0.306 e. The van der Waals surface area contributed by atoms with Crippen LogP contribution >= 0.6 is 0 Å². The maximum Gasteiger partial charge on any atom is 0.306 e. The SMILES string of the molecule is CCCC(=O)OC1CCC(C(C)C)CC1. The van der Waals surface area contributed by atoms with Crippen LogP contribution in [0.5, 0.6) is 0 Å². The predicted molar refractivity (Wildman–Crippen MR) is 61.6 cm³/mol. The number of esters is 1. The molecule has 1 saturated carbocycles. The fourth-order valence-corrected chi connectivity index (χ4v) is 2.32. The lowest BCUT2D eigenvalue weighted by Crippen LogP contribution is -2.26. The van der Waals surface area contributed by atoms with Crippen molar-refractivity contribution in [3.63, 3.8) is 0 Å². The van der Waals surface area contributed by atoms with Crippen molar-refractivity contribution in [1.82, 2.24) is 0 Å². The highest BCUT2D eigenvalue weighted by molar-refractivity contribution is 5.69. The summed E-state index contributed by atoms with van der Waals surface area (Å²) in [7, 11) is 0. The molecular weight excluding hydrogens is 188 g/mol. The fourth-order valence-electron chi connectivity index (χ4n) is 2.32.